The fourth-order valence-electron chi connectivity index (χ4n) is 1.60. The highest BCUT2D eigenvalue weighted by Gasteiger charge is 2.05. The molecule has 0 N–H and O–H groups in total. The highest BCUT2D eigenvalue weighted by atomic mass is 35.5. The van der Waals surface area contributed by atoms with Crippen molar-refractivity contribution in [1.29, 1.82) is 0 Å². The van der Waals surface area contributed by atoms with Crippen LogP contribution in [-0.4, -0.2) is 4.98 Å². The highest BCUT2D eigenvalue weighted by molar-refractivity contribution is 6.36. The van der Waals surface area contributed by atoms with E-state index in [4.69, 9.17) is 11.6 Å². The van der Waals surface area contributed by atoms with Gasteiger partial charge >= 0.3 is 0 Å². The molecular formula is C13H12ClN. The number of benzene rings is 1. The maximum Gasteiger partial charge on any atom is 0.0717 e. The molecule has 0 saturated carbocycles. The van der Waals surface area contributed by atoms with Crippen molar-refractivity contribution in [1.82, 2.24) is 4.98 Å². The zero-order valence-corrected chi connectivity index (χ0v) is 9.38. The molecule has 15 heavy (non-hydrogen) atoms. The summed E-state index contributed by atoms with van der Waals surface area (Å²) in [4.78, 5) is 4.37. The first-order valence-electron chi connectivity index (χ1n) is 4.85. The average Bonchev–Trinajstić information content (AvgIpc) is 2.22. The van der Waals surface area contributed by atoms with E-state index in [0.717, 1.165) is 33.5 Å². The molecule has 0 aliphatic carbocycles. The van der Waals surface area contributed by atoms with Crippen LogP contribution in [0.25, 0.3) is 10.9 Å². The maximum absolute atomic E-state index is 6.30. The van der Waals surface area contributed by atoms with Crippen LogP contribution in [0.4, 0.5) is 0 Å². The number of halogens is 1. The van der Waals surface area contributed by atoms with Crippen molar-refractivity contribution in [2.45, 2.75) is 13.3 Å². The molecule has 1 nitrogen and oxygen atoms in total. The summed E-state index contributed by atoms with van der Waals surface area (Å²) in [6.45, 7) is 5.88. The van der Waals surface area contributed by atoms with Crippen LogP contribution in [-0.2, 0) is 6.42 Å². The van der Waals surface area contributed by atoms with Gasteiger partial charge in [-0.1, -0.05) is 42.0 Å². The first kappa shape index (κ1) is 10.2. The number of rotatable bonds is 2. The third-order valence-electron chi connectivity index (χ3n) is 2.27. The molecule has 2 heteroatoms. The van der Waals surface area contributed by atoms with Crippen LogP contribution in [0.2, 0.25) is 5.02 Å². The standard InChI is InChI=1S/C13H12ClN/c1-9(2)7-10-8-15-12-6-4-3-5-11(12)13(10)14/h3-6,8H,1,7H2,2H3. The lowest BCUT2D eigenvalue weighted by Gasteiger charge is -2.06. The molecule has 0 unspecified atom stereocenters. The zero-order valence-electron chi connectivity index (χ0n) is 8.63. The molecule has 0 radical (unpaired) electrons. The molecule has 0 aliphatic heterocycles. The van der Waals surface area contributed by atoms with Gasteiger partial charge in [0.1, 0.15) is 0 Å². The number of hydrogen-bond donors (Lipinski definition) is 0. The number of pyridine rings is 1. The van der Waals surface area contributed by atoms with Crippen molar-refractivity contribution in [2.75, 3.05) is 0 Å². The number of aromatic nitrogens is 1. The van der Waals surface area contributed by atoms with Gasteiger partial charge in [-0.2, -0.15) is 0 Å². The Labute approximate surface area is 94.4 Å². The minimum atomic E-state index is 0.788. The number of fused-ring (bicyclic) bond motifs is 1. The second-order valence-electron chi connectivity index (χ2n) is 3.75. The van der Waals surface area contributed by atoms with Crippen molar-refractivity contribution in [2.24, 2.45) is 0 Å². The molecule has 0 saturated heterocycles. The third kappa shape index (κ3) is 2.02. The monoisotopic (exact) mass is 217 g/mol. The fourth-order valence-corrected chi connectivity index (χ4v) is 1.87. The van der Waals surface area contributed by atoms with E-state index in [9.17, 15) is 0 Å². The lowest BCUT2D eigenvalue weighted by molar-refractivity contribution is 1.13. The Morgan fingerprint density at radius 3 is 2.87 bits per heavy atom. The number of hydrogen-bond acceptors (Lipinski definition) is 1. The lowest BCUT2D eigenvalue weighted by Crippen LogP contribution is -1.90. The van der Waals surface area contributed by atoms with Gasteiger partial charge in [-0.25, -0.2) is 0 Å². The van der Waals surface area contributed by atoms with Gasteiger partial charge in [-0.05, 0) is 25.0 Å². The van der Waals surface area contributed by atoms with Crippen LogP contribution < -0.4 is 0 Å². The SMILES string of the molecule is C=C(C)Cc1cnc2ccccc2c1Cl. The summed E-state index contributed by atoms with van der Waals surface area (Å²) in [5.41, 5.74) is 3.07. The Kier molecular flexibility index (Phi) is 2.74. The largest absolute Gasteiger partial charge is 0.256 e. The second-order valence-corrected chi connectivity index (χ2v) is 4.13. The normalized spacial score (nSPS) is 10.5. The van der Waals surface area contributed by atoms with Gasteiger partial charge in [0.05, 0.1) is 10.5 Å². The predicted octanol–water partition coefficient (Wildman–Crippen LogP) is 4.01. The molecule has 0 aliphatic rings. The highest BCUT2D eigenvalue weighted by Crippen LogP contribution is 2.26. The van der Waals surface area contributed by atoms with Crippen molar-refractivity contribution in [3.63, 3.8) is 0 Å². The van der Waals surface area contributed by atoms with Crippen LogP contribution in [0.1, 0.15) is 12.5 Å². The number of nitrogens with zero attached hydrogens (tertiary/aromatic N) is 1. The van der Waals surface area contributed by atoms with Crippen LogP contribution >= 0.6 is 11.6 Å². The summed E-state index contributed by atoms with van der Waals surface area (Å²) in [7, 11) is 0. The minimum absolute atomic E-state index is 0.788. The van der Waals surface area contributed by atoms with Crippen molar-refractivity contribution >= 4 is 22.5 Å². The van der Waals surface area contributed by atoms with E-state index in [1.54, 1.807) is 0 Å². The summed E-state index contributed by atoms with van der Waals surface area (Å²) in [5, 5.41) is 1.81. The molecule has 0 fully saturated rings. The van der Waals surface area contributed by atoms with E-state index >= 15 is 0 Å². The summed E-state index contributed by atoms with van der Waals surface area (Å²) < 4.78 is 0. The Bertz CT molecular complexity index is 517. The van der Waals surface area contributed by atoms with Gasteiger partial charge in [0, 0.05) is 11.6 Å². The number of allylic oxidation sites excluding steroid dienone is 1. The van der Waals surface area contributed by atoms with Gasteiger partial charge in [-0.15, -0.1) is 0 Å². The minimum Gasteiger partial charge on any atom is -0.256 e. The fraction of sp³-hybridized carbons (Fsp3) is 0.154. The van der Waals surface area contributed by atoms with Crippen molar-refractivity contribution in [3.8, 4) is 0 Å². The zero-order chi connectivity index (χ0) is 10.8. The lowest BCUT2D eigenvalue weighted by atomic mass is 10.1. The van der Waals surface area contributed by atoms with Gasteiger partial charge in [0.2, 0.25) is 0 Å². The molecule has 76 valence electrons. The van der Waals surface area contributed by atoms with E-state index in [1.807, 2.05) is 37.4 Å². The average molecular weight is 218 g/mol. The molecule has 0 spiro atoms. The molecule has 1 aromatic carbocycles. The quantitative estimate of drug-likeness (QED) is 0.693. The van der Waals surface area contributed by atoms with Gasteiger partial charge < -0.3 is 0 Å². The van der Waals surface area contributed by atoms with Gasteiger partial charge in [-0.3, -0.25) is 4.98 Å². The summed E-state index contributed by atoms with van der Waals surface area (Å²) >= 11 is 6.30. The van der Waals surface area contributed by atoms with Crippen molar-refractivity contribution < 1.29 is 0 Å². The van der Waals surface area contributed by atoms with Gasteiger partial charge in [0.15, 0.2) is 0 Å². The topological polar surface area (TPSA) is 12.9 Å². The first-order valence-corrected chi connectivity index (χ1v) is 5.23. The molecule has 2 rings (SSSR count). The van der Waals surface area contributed by atoms with E-state index in [1.165, 1.54) is 0 Å². The predicted molar refractivity (Wildman–Crippen MR) is 65.3 cm³/mol. The van der Waals surface area contributed by atoms with E-state index < -0.39 is 0 Å². The maximum atomic E-state index is 6.30. The van der Waals surface area contributed by atoms with Crippen molar-refractivity contribution in [3.05, 3.63) is 53.2 Å². The van der Waals surface area contributed by atoms with E-state index in [0.29, 0.717) is 0 Å². The molecular weight excluding hydrogens is 206 g/mol. The van der Waals surface area contributed by atoms with E-state index in [-0.39, 0.29) is 0 Å². The molecule has 1 aromatic heterocycles. The van der Waals surface area contributed by atoms with Crippen LogP contribution in [0.3, 0.4) is 0 Å². The Balaban J connectivity index is 2.59. The summed E-state index contributed by atoms with van der Waals surface area (Å²) in [6, 6.07) is 7.89. The second kappa shape index (κ2) is 4.03. The molecule has 2 aromatic rings. The van der Waals surface area contributed by atoms with Crippen LogP contribution in [0.5, 0.6) is 0 Å². The Hall–Kier alpha value is -1.34. The molecule has 1 heterocycles. The van der Waals surface area contributed by atoms with Gasteiger partial charge in [0.25, 0.3) is 0 Å². The molecule has 0 bridgehead atoms. The third-order valence-corrected chi connectivity index (χ3v) is 2.72. The van der Waals surface area contributed by atoms with Crippen LogP contribution in [0.15, 0.2) is 42.6 Å². The Morgan fingerprint density at radius 1 is 1.40 bits per heavy atom. The first-order chi connectivity index (χ1) is 7.18. The summed E-state index contributed by atoms with van der Waals surface area (Å²) in [6.07, 6.45) is 2.62. The smallest absolute Gasteiger partial charge is 0.0717 e. The molecule has 0 atom stereocenters. The van der Waals surface area contributed by atoms with Crippen LogP contribution in [0, 0.1) is 0 Å². The molecule has 0 amide bonds. The van der Waals surface area contributed by atoms with E-state index in [2.05, 4.69) is 11.6 Å². The summed E-state index contributed by atoms with van der Waals surface area (Å²) in [5.74, 6) is 0. The Morgan fingerprint density at radius 2 is 2.13 bits per heavy atom. The number of para-hydroxylation sites is 1.